The van der Waals surface area contributed by atoms with E-state index in [1.54, 1.807) is 17.1 Å². The smallest absolute Gasteiger partial charge is 0.431 e. The monoisotopic (exact) mass is 402 g/mol. The van der Waals surface area contributed by atoms with E-state index >= 15 is 0 Å². The fraction of sp³-hybridized carbons (Fsp3) is 0.294. The number of rotatable bonds is 3. The Balaban J connectivity index is 1.93. The molecule has 1 N–H and O–H groups in total. The third kappa shape index (κ3) is 3.46. The van der Waals surface area contributed by atoms with Crippen LogP contribution in [0.5, 0.6) is 11.5 Å². The molecule has 1 aliphatic heterocycles. The molecule has 1 aromatic carbocycles. The van der Waals surface area contributed by atoms with Gasteiger partial charge in [0.15, 0.2) is 11.5 Å². The molecule has 6 nitrogen and oxygen atoms in total. The van der Waals surface area contributed by atoms with E-state index in [0.29, 0.717) is 17.6 Å². The molecule has 2 heterocycles. The quantitative estimate of drug-likeness (QED) is 0.855. The molecule has 2 aromatic rings. The van der Waals surface area contributed by atoms with Crippen molar-refractivity contribution < 1.29 is 27.4 Å². The number of methoxy groups -OCH3 is 2. The number of carbonyl (C=O) groups is 1. The summed E-state index contributed by atoms with van der Waals surface area (Å²) >= 11 is 5.81. The molecular formula is C17H14ClF3N2O4. The van der Waals surface area contributed by atoms with E-state index in [2.05, 4.69) is 0 Å². The molecule has 0 radical (unpaired) electrons. The molecule has 10 heteroatoms. The largest absolute Gasteiger partial charge is 0.493 e. The summed E-state index contributed by atoms with van der Waals surface area (Å²) in [5.41, 5.74) is -1.48. The van der Waals surface area contributed by atoms with Crippen molar-refractivity contribution in [3.63, 3.8) is 0 Å². The highest BCUT2D eigenvalue weighted by Crippen LogP contribution is 2.36. The summed E-state index contributed by atoms with van der Waals surface area (Å²) in [7, 11) is 2.95. The normalized spacial score (nSPS) is 13.5. The third-order valence-corrected chi connectivity index (χ3v) is 4.52. The number of carbonyl (C=O) groups excluding carboxylic acids is 1. The van der Waals surface area contributed by atoms with Crippen LogP contribution in [0.15, 0.2) is 23.0 Å². The molecule has 0 atom stereocenters. The standard InChI is InChI=1S/C17H14ClF3N2O4/c1-26-11-3-8-6-23(7-9(8)4-12(11)27-2)16(25)14-10(18)5-13(17(19,20)21)22-15(14)24/h3-5H,6-7H2,1-2H3,(H,22,24). The first-order valence-corrected chi connectivity index (χ1v) is 8.06. The Kier molecular flexibility index (Phi) is 4.81. The van der Waals surface area contributed by atoms with Crippen molar-refractivity contribution >= 4 is 17.5 Å². The third-order valence-electron chi connectivity index (χ3n) is 4.22. The van der Waals surface area contributed by atoms with Gasteiger partial charge in [-0.3, -0.25) is 9.59 Å². The van der Waals surface area contributed by atoms with Crippen LogP contribution >= 0.6 is 11.6 Å². The summed E-state index contributed by atoms with van der Waals surface area (Å²) in [6.45, 7) is 0.316. The van der Waals surface area contributed by atoms with Crippen LogP contribution in [0.25, 0.3) is 0 Å². The Morgan fingerprint density at radius 2 is 1.63 bits per heavy atom. The van der Waals surface area contributed by atoms with Gasteiger partial charge in [-0.05, 0) is 29.3 Å². The average Bonchev–Trinajstić information content (AvgIpc) is 3.01. The highest BCUT2D eigenvalue weighted by atomic mass is 35.5. The molecule has 1 aromatic heterocycles. The van der Waals surface area contributed by atoms with E-state index in [1.165, 1.54) is 19.1 Å². The van der Waals surface area contributed by atoms with Gasteiger partial charge < -0.3 is 19.4 Å². The Hall–Kier alpha value is -2.68. The lowest BCUT2D eigenvalue weighted by Gasteiger charge is -2.16. The average molecular weight is 403 g/mol. The first-order chi connectivity index (χ1) is 12.7. The van der Waals surface area contributed by atoms with Gasteiger partial charge in [0, 0.05) is 13.1 Å². The molecular weight excluding hydrogens is 389 g/mol. The van der Waals surface area contributed by atoms with Crippen LogP contribution in [-0.2, 0) is 19.3 Å². The number of nitrogens with one attached hydrogen (secondary N) is 1. The number of H-pyrrole nitrogens is 1. The van der Waals surface area contributed by atoms with Crippen molar-refractivity contribution in [1.29, 1.82) is 0 Å². The van der Waals surface area contributed by atoms with Crippen molar-refractivity contribution in [3.8, 4) is 11.5 Å². The lowest BCUT2D eigenvalue weighted by molar-refractivity contribution is -0.141. The van der Waals surface area contributed by atoms with Crippen LogP contribution in [0.3, 0.4) is 0 Å². The second-order valence-corrected chi connectivity index (χ2v) is 6.28. The highest BCUT2D eigenvalue weighted by molar-refractivity contribution is 6.33. The number of halogens is 4. The van der Waals surface area contributed by atoms with Gasteiger partial charge in [-0.25, -0.2) is 0 Å². The number of hydrogen-bond donors (Lipinski definition) is 1. The van der Waals surface area contributed by atoms with Gasteiger partial charge >= 0.3 is 6.18 Å². The predicted molar refractivity (Wildman–Crippen MR) is 90.2 cm³/mol. The molecule has 0 spiro atoms. The topological polar surface area (TPSA) is 71.6 Å². The second kappa shape index (κ2) is 6.80. The van der Waals surface area contributed by atoms with Crippen molar-refractivity contribution in [2.45, 2.75) is 19.3 Å². The summed E-state index contributed by atoms with van der Waals surface area (Å²) < 4.78 is 48.7. The maximum absolute atomic E-state index is 12.8. The summed E-state index contributed by atoms with van der Waals surface area (Å²) in [5, 5.41) is -0.554. The van der Waals surface area contributed by atoms with Crippen LogP contribution in [0.1, 0.15) is 27.2 Å². The van der Waals surface area contributed by atoms with E-state index in [4.69, 9.17) is 21.1 Å². The molecule has 0 saturated heterocycles. The Morgan fingerprint density at radius 3 is 2.04 bits per heavy atom. The Morgan fingerprint density at radius 1 is 1.11 bits per heavy atom. The lowest BCUT2D eigenvalue weighted by atomic mass is 10.1. The zero-order chi connectivity index (χ0) is 19.9. The number of alkyl halides is 3. The molecule has 0 unspecified atom stereocenters. The van der Waals surface area contributed by atoms with Gasteiger partial charge in [-0.1, -0.05) is 11.6 Å². The molecule has 3 rings (SSSR count). The first-order valence-electron chi connectivity index (χ1n) is 7.68. The molecule has 144 valence electrons. The van der Waals surface area contributed by atoms with Crippen LogP contribution < -0.4 is 15.0 Å². The van der Waals surface area contributed by atoms with Gasteiger partial charge in [0.2, 0.25) is 0 Å². The van der Waals surface area contributed by atoms with Crippen molar-refractivity contribution in [1.82, 2.24) is 9.88 Å². The van der Waals surface area contributed by atoms with E-state index < -0.39 is 33.9 Å². The number of nitrogens with zero attached hydrogens (tertiary/aromatic N) is 1. The SMILES string of the molecule is COc1cc2c(cc1OC)CN(C(=O)c1c(Cl)cc(C(F)(F)F)[nH]c1=O)C2. The van der Waals surface area contributed by atoms with E-state index in [9.17, 15) is 22.8 Å². The van der Waals surface area contributed by atoms with Gasteiger partial charge in [-0.2, -0.15) is 13.2 Å². The van der Waals surface area contributed by atoms with E-state index in [-0.39, 0.29) is 13.1 Å². The maximum Gasteiger partial charge on any atom is 0.431 e. The summed E-state index contributed by atoms with van der Waals surface area (Å²) in [6, 6.07) is 3.95. The van der Waals surface area contributed by atoms with Gasteiger partial charge in [0.05, 0.1) is 19.2 Å². The molecule has 0 aliphatic carbocycles. The Labute approximate surface area is 156 Å². The lowest BCUT2D eigenvalue weighted by Crippen LogP contribution is -2.32. The Bertz CT molecular complexity index is 939. The van der Waals surface area contributed by atoms with Crippen molar-refractivity contribution in [2.24, 2.45) is 0 Å². The number of ether oxygens (including phenoxy) is 2. The molecule has 0 saturated carbocycles. The van der Waals surface area contributed by atoms with Crippen molar-refractivity contribution in [2.75, 3.05) is 14.2 Å². The maximum atomic E-state index is 12.8. The summed E-state index contributed by atoms with van der Waals surface area (Å²) in [4.78, 5) is 27.7. The molecule has 1 amide bonds. The summed E-state index contributed by atoms with van der Waals surface area (Å²) in [5.74, 6) is 0.205. The summed E-state index contributed by atoms with van der Waals surface area (Å²) in [6.07, 6.45) is -4.78. The van der Waals surface area contributed by atoms with Crippen molar-refractivity contribution in [3.05, 3.63) is 56.0 Å². The van der Waals surface area contributed by atoms with E-state index in [1.807, 2.05) is 0 Å². The van der Waals surface area contributed by atoms with E-state index in [0.717, 1.165) is 11.1 Å². The molecule has 0 fully saturated rings. The van der Waals surface area contributed by atoms with Gasteiger partial charge in [0.1, 0.15) is 11.3 Å². The number of hydrogen-bond acceptors (Lipinski definition) is 4. The van der Waals surface area contributed by atoms with Gasteiger partial charge in [-0.15, -0.1) is 0 Å². The van der Waals surface area contributed by atoms with Crippen LogP contribution in [0, 0.1) is 0 Å². The fourth-order valence-electron chi connectivity index (χ4n) is 2.91. The molecule has 0 bridgehead atoms. The number of fused-ring (bicyclic) bond motifs is 1. The molecule has 1 aliphatic rings. The highest BCUT2D eigenvalue weighted by Gasteiger charge is 2.35. The minimum absolute atomic E-state index is 0.158. The fourth-order valence-corrected chi connectivity index (χ4v) is 3.18. The predicted octanol–water partition coefficient (Wildman–Crippen LogP) is 3.22. The number of benzene rings is 1. The van der Waals surface area contributed by atoms with Crippen LogP contribution in [-0.4, -0.2) is 30.0 Å². The van der Waals surface area contributed by atoms with Crippen LogP contribution in [0.4, 0.5) is 13.2 Å². The zero-order valence-corrected chi connectivity index (χ0v) is 15.0. The van der Waals surface area contributed by atoms with Gasteiger partial charge in [0.25, 0.3) is 11.5 Å². The second-order valence-electron chi connectivity index (χ2n) is 5.87. The number of amides is 1. The first kappa shape index (κ1) is 19.1. The number of pyridine rings is 1. The number of aromatic nitrogens is 1. The minimum atomic E-state index is -4.78. The molecule has 27 heavy (non-hydrogen) atoms. The minimum Gasteiger partial charge on any atom is -0.493 e. The van der Waals surface area contributed by atoms with Crippen LogP contribution in [0.2, 0.25) is 5.02 Å². The number of aromatic amines is 1. The zero-order valence-electron chi connectivity index (χ0n) is 14.2.